The van der Waals surface area contributed by atoms with Crippen molar-refractivity contribution >= 4 is 67.5 Å². The molecule has 0 fully saturated rings. The Morgan fingerprint density at radius 1 is 0.398 bits per heavy atom. The van der Waals surface area contributed by atoms with Gasteiger partial charge in [-0.2, -0.15) is 0 Å². The van der Waals surface area contributed by atoms with Crippen molar-refractivity contribution < 1.29 is 38.1 Å². The Bertz CT molecular complexity index is 3220. The van der Waals surface area contributed by atoms with Gasteiger partial charge < -0.3 is 53.6 Å². The highest BCUT2D eigenvalue weighted by atomic mass is 16.5. The van der Waals surface area contributed by atoms with E-state index in [-0.39, 0.29) is 23.9 Å². The molecule has 8 rings (SSSR count). The van der Waals surface area contributed by atoms with Gasteiger partial charge in [0.1, 0.15) is 23.0 Å². The summed E-state index contributed by atoms with van der Waals surface area (Å²) in [4.78, 5) is 67.6. The molecular formula is C67H94N8O8. The van der Waals surface area contributed by atoms with Gasteiger partial charge in [0.25, 0.3) is 0 Å². The summed E-state index contributed by atoms with van der Waals surface area (Å²) in [6.07, 6.45) is 11.8. The highest BCUT2D eigenvalue weighted by Gasteiger charge is 2.19. The van der Waals surface area contributed by atoms with Gasteiger partial charge in [-0.25, -0.2) is 0 Å². The lowest BCUT2D eigenvalue weighted by atomic mass is 10.1. The Kier molecular flexibility index (Phi) is 26.1. The number of aromatic nitrogens is 4. The quantitative estimate of drug-likeness (QED) is 0.0352. The molecule has 0 saturated heterocycles. The molecule has 4 N–H and O–H groups in total. The van der Waals surface area contributed by atoms with Crippen LogP contribution in [-0.4, -0.2) is 140 Å². The minimum Gasteiger partial charge on any atom is -0.426 e. The Morgan fingerprint density at radius 2 is 0.699 bits per heavy atom. The van der Waals surface area contributed by atoms with Crippen LogP contribution >= 0.6 is 0 Å². The molecule has 0 radical (unpaired) electrons. The van der Waals surface area contributed by atoms with E-state index in [0.29, 0.717) is 47.2 Å². The number of rotatable bonds is 23. The van der Waals surface area contributed by atoms with Gasteiger partial charge in [-0.1, -0.05) is 45.0 Å². The Balaban J connectivity index is 0.000000203. The van der Waals surface area contributed by atoms with E-state index in [1.54, 1.807) is 0 Å². The van der Waals surface area contributed by atoms with Gasteiger partial charge in [-0.05, 0) is 179 Å². The number of carbonyl (C=O) groups is 4. The van der Waals surface area contributed by atoms with Crippen LogP contribution < -0.4 is 18.9 Å². The number of esters is 4. The van der Waals surface area contributed by atoms with Crippen molar-refractivity contribution in [1.29, 1.82) is 0 Å². The molecule has 4 heterocycles. The number of likely N-dealkylation sites (N-methyl/N-ethyl adjacent to an activating group) is 3. The van der Waals surface area contributed by atoms with Gasteiger partial charge in [-0.15, -0.1) is 0 Å². The van der Waals surface area contributed by atoms with Crippen LogP contribution in [-0.2, 0) is 44.9 Å². The first kappa shape index (κ1) is 66.6. The summed E-state index contributed by atoms with van der Waals surface area (Å²) in [5, 5.41) is 4.08. The van der Waals surface area contributed by atoms with Crippen LogP contribution in [0.1, 0.15) is 126 Å². The van der Waals surface area contributed by atoms with Crippen LogP contribution in [0.4, 0.5) is 0 Å². The fraction of sp³-hybridized carbons (Fsp3) is 0.463. The number of nitrogens with one attached hydrogen (secondary N) is 4. The average molecular weight is 1140 g/mol. The topological polar surface area (TPSA) is 181 Å². The molecule has 0 amide bonds. The summed E-state index contributed by atoms with van der Waals surface area (Å²) in [5.74, 6) is 1.42. The largest absolute Gasteiger partial charge is 0.426 e. The van der Waals surface area contributed by atoms with Crippen molar-refractivity contribution in [2.24, 2.45) is 0 Å². The van der Waals surface area contributed by atoms with Gasteiger partial charge in [0.2, 0.25) is 0 Å². The van der Waals surface area contributed by atoms with Crippen LogP contribution in [0.2, 0.25) is 0 Å². The first-order chi connectivity index (χ1) is 39.6. The van der Waals surface area contributed by atoms with E-state index in [2.05, 4.69) is 123 Å². The lowest BCUT2D eigenvalue weighted by molar-refractivity contribution is -0.132. The van der Waals surface area contributed by atoms with Crippen LogP contribution in [0.5, 0.6) is 23.0 Å². The molecule has 0 bridgehead atoms. The first-order valence-electron chi connectivity index (χ1n) is 29.6. The van der Waals surface area contributed by atoms with Crippen molar-refractivity contribution in [2.45, 2.75) is 154 Å². The number of benzene rings is 4. The molecule has 0 aliphatic carbocycles. The normalized spacial score (nSPS) is 11.5. The van der Waals surface area contributed by atoms with Gasteiger partial charge in [-0.3, -0.25) is 24.1 Å². The van der Waals surface area contributed by atoms with Crippen molar-refractivity contribution in [3.8, 4) is 23.0 Å². The maximum Gasteiger partial charge on any atom is 0.308 e. The third-order valence-electron chi connectivity index (χ3n) is 15.0. The molecule has 0 aliphatic rings. The van der Waals surface area contributed by atoms with Crippen molar-refractivity contribution in [3.63, 3.8) is 0 Å². The number of ether oxygens (including phenoxy) is 4. The lowest BCUT2D eigenvalue weighted by Crippen LogP contribution is -2.38. The average Bonchev–Trinajstić information content (AvgIpc) is 4.39. The minimum atomic E-state index is -0.288. The maximum atomic E-state index is 11.3. The minimum absolute atomic E-state index is 0.284. The summed E-state index contributed by atoms with van der Waals surface area (Å²) in [6.45, 7) is 37.0. The predicted octanol–water partition coefficient (Wildman–Crippen LogP) is 13.1. The second-order valence-corrected chi connectivity index (χ2v) is 22.1. The number of nitrogens with zero attached hydrogens (tertiary/aromatic N) is 4. The van der Waals surface area contributed by atoms with Crippen LogP contribution in [0, 0.1) is 0 Å². The van der Waals surface area contributed by atoms with Gasteiger partial charge >= 0.3 is 23.9 Å². The standard InChI is InChI=1S/C18H26N2O2.C17H24N2O2.2C16H22N2O2/c1-12(2)20(13(3)4)10-9-15-11-19-16-7-6-8-17(18(15)16)22-14(5)21;1-5-19(12(2)3)10-9-14-11-18-15-7-6-8-16(17(14)15)21-13(4)20;1-11(2)18(4)9-8-13-10-17-14-6-5-7-15(16(13)14)20-12(3)19;1-4-18(5-2)10-9-13-11-17-14-7-6-8-15(16(13)14)20-12(3)19/h6-8,11-13,19H,9-10H2,1-5H3;6-8,11-12,18H,5,9-10H2,1-4H3;5-7,10-11,17H,8-9H2,1-4H3;6-8,11,17H,4-5,9-10H2,1-3H3. The molecule has 0 atom stereocenters. The first-order valence-corrected chi connectivity index (χ1v) is 29.6. The van der Waals surface area contributed by atoms with Gasteiger partial charge in [0, 0.05) is 146 Å². The fourth-order valence-corrected chi connectivity index (χ4v) is 10.4. The Morgan fingerprint density at radius 3 is 0.964 bits per heavy atom. The van der Waals surface area contributed by atoms with Crippen LogP contribution in [0.15, 0.2) is 97.6 Å². The number of aromatic amines is 4. The number of carbonyl (C=O) groups excluding carboxylic acids is 4. The molecule has 0 spiro atoms. The summed E-state index contributed by atoms with van der Waals surface area (Å²) < 4.78 is 21.3. The van der Waals surface area contributed by atoms with E-state index in [4.69, 9.17) is 18.9 Å². The molecule has 450 valence electrons. The fourth-order valence-electron chi connectivity index (χ4n) is 10.4. The number of hydrogen-bond donors (Lipinski definition) is 4. The highest BCUT2D eigenvalue weighted by Crippen LogP contribution is 2.33. The molecule has 0 aliphatic heterocycles. The highest BCUT2D eigenvalue weighted by molar-refractivity contribution is 5.94. The van der Waals surface area contributed by atoms with E-state index in [0.717, 1.165) is 115 Å². The summed E-state index contributed by atoms with van der Waals surface area (Å²) in [6, 6.07) is 25.1. The Labute approximate surface area is 492 Å². The molecule has 0 saturated carbocycles. The van der Waals surface area contributed by atoms with Crippen molar-refractivity contribution in [2.75, 3.05) is 52.9 Å². The predicted molar refractivity (Wildman–Crippen MR) is 338 cm³/mol. The molecular weight excluding hydrogens is 1040 g/mol. The number of hydrogen-bond acceptors (Lipinski definition) is 12. The smallest absolute Gasteiger partial charge is 0.308 e. The van der Waals surface area contributed by atoms with Gasteiger partial charge in [0.05, 0.1) is 0 Å². The monoisotopic (exact) mass is 1140 g/mol. The molecule has 4 aromatic heterocycles. The summed E-state index contributed by atoms with van der Waals surface area (Å²) in [7, 11) is 2.12. The summed E-state index contributed by atoms with van der Waals surface area (Å²) >= 11 is 0. The number of H-pyrrole nitrogens is 4. The van der Waals surface area contributed by atoms with Crippen molar-refractivity contribution in [1.82, 2.24) is 39.5 Å². The number of fused-ring (bicyclic) bond motifs is 4. The van der Waals surface area contributed by atoms with E-state index in [9.17, 15) is 19.2 Å². The van der Waals surface area contributed by atoms with Crippen LogP contribution in [0.25, 0.3) is 43.6 Å². The van der Waals surface area contributed by atoms with E-state index >= 15 is 0 Å². The van der Waals surface area contributed by atoms with Crippen LogP contribution in [0.3, 0.4) is 0 Å². The van der Waals surface area contributed by atoms with Crippen molar-refractivity contribution in [3.05, 3.63) is 120 Å². The third-order valence-corrected chi connectivity index (χ3v) is 15.0. The van der Waals surface area contributed by atoms with E-state index in [1.165, 1.54) is 49.9 Å². The van der Waals surface area contributed by atoms with E-state index in [1.807, 2.05) is 97.6 Å². The molecule has 16 nitrogen and oxygen atoms in total. The Hall–Kier alpha value is -7.24. The molecule has 8 aromatic rings. The molecule has 16 heteroatoms. The zero-order chi connectivity index (χ0) is 60.9. The molecule has 0 unspecified atom stereocenters. The third kappa shape index (κ3) is 19.4. The molecule has 4 aromatic carbocycles. The summed E-state index contributed by atoms with van der Waals surface area (Å²) in [5.41, 5.74) is 8.81. The maximum absolute atomic E-state index is 11.3. The zero-order valence-electron chi connectivity index (χ0n) is 52.4. The SMILES string of the molecule is CC(=O)Oc1cccc2[nH]cc(CCN(C(C)C)C(C)C)c12.CC(=O)Oc1cccc2[nH]cc(CCN(C)C(C)C)c12.CCN(CC)CCc1c[nH]c2cccc(OC(C)=O)c12.CCN(CCc1c[nH]c2cccc(OC(C)=O)c12)C(C)C. The van der Waals surface area contributed by atoms with Gasteiger partial charge in [0.15, 0.2) is 0 Å². The van der Waals surface area contributed by atoms with E-state index < -0.39 is 0 Å². The lowest BCUT2D eigenvalue weighted by Gasteiger charge is -2.30. The zero-order valence-corrected chi connectivity index (χ0v) is 52.4. The second-order valence-electron chi connectivity index (χ2n) is 22.1. The second kappa shape index (κ2) is 32.6. The molecule has 83 heavy (non-hydrogen) atoms.